The van der Waals surface area contributed by atoms with Crippen molar-refractivity contribution in [1.29, 1.82) is 0 Å². The lowest BCUT2D eigenvalue weighted by Gasteiger charge is -2.42. The number of fused-ring (bicyclic) bond motifs is 1. The van der Waals surface area contributed by atoms with Gasteiger partial charge in [0.05, 0.1) is 6.10 Å². The lowest BCUT2D eigenvalue weighted by atomic mass is 9.80. The van der Waals surface area contributed by atoms with E-state index in [1.54, 1.807) is 0 Å². The average molecular weight is 232 g/mol. The minimum atomic E-state index is -0.355. The largest absolute Gasteiger partial charge is 0.486 e. The molecule has 17 heavy (non-hydrogen) atoms. The number of benzene rings is 1. The Morgan fingerprint density at radius 1 is 1.41 bits per heavy atom. The van der Waals surface area contributed by atoms with Gasteiger partial charge < -0.3 is 9.84 Å². The Labute approximate surface area is 103 Å². The van der Waals surface area contributed by atoms with Crippen LogP contribution in [0.4, 0.5) is 0 Å². The zero-order chi connectivity index (χ0) is 11.9. The third-order valence-corrected chi connectivity index (χ3v) is 4.52. The van der Waals surface area contributed by atoms with E-state index in [2.05, 4.69) is 6.92 Å². The highest BCUT2D eigenvalue weighted by molar-refractivity contribution is 5.38. The van der Waals surface area contributed by atoms with Gasteiger partial charge in [0.2, 0.25) is 0 Å². The Kier molecular flexibility index (Phi) is 2.62. The van der Waals surface area contributed by atoms with Crippen molar-refractivity contribution in [3.05, 3.63) is 29.8 Å². The van der Waals surface area contributed by atoms with Crippen molar-refractivity contribution in [2.75, 3.05) is 0 Å². The second-order valence-corrected chi connectivity index (χ2v) is 5.42. The number of hydrogen-bond donors (Lipinski definition) is 1. The van der Waals surface area contributed by atoms with E-state index in [1.807, 2.05) is 24.3 Å². The second kappa shape index (κ2) is 4.02. The van der Waals surface area contributed by atoms with Gasteiger partial charge in [-0.15, -0.1) is 0 Å². The van der Waals surface area contributed by atoms with E-state index in [-0.39, 0.29) is 11.7 Å². The number of para-hydroxylation sites is 1. The predicted molar refractivity (Wildman–Crippen MR) is 67.0 cm³/mol. The zero-order valence-corrected chi connectivity index (χ0v) is 10.4. The van der Waals surface area contributed by atoms with Crippen LogP contribution in [0.3, 0.4) is 0 Å². The normalized spacial score (nSPS) is 35.6. The monoisotopic (exact) mass is 232 g/mol. The Hall–Kier alpha value is -1.02. The molecule has 1 aromatic rings. The summed E-state index contributed by atoms with van der Waals surface area (Å²) >= 11 is 0. The summed E-state index contributed by atoms with van der Waals surface area (Å²) in [7, 11) is 0. The molecule has 0 saturated heterocycles. The standard InChI is InChI=1S/C15H20O2/c1-2-11-6-5-9-15(11)10-13(16)12-7-3-4-8-14(12)17-15/h3-4,7-8,11,13,16H,2,5-6,9-10H2,1H3/t11?,13-,15?/m1/s1. The van der Waals surface area contributed by atoms with Crippen LogP contribution in [0.5, 0.6) is 5.75 Å². The lowest BCUT2D eigenvalue weighted by molar-refractivity contribution is -0.0410. The molecule has 0 aromatic heterocycles. The third kappa shape index (κ3) is 1.66. The smallest absolute Gasteiger partial charge is 0.125 e. The molecule has 1 N–H and O–H groups in total. The van der Waals surface area contributed by atoms with Gasteiger partial charge in [0.25, 0.3) is 0 Å². The highest BCUT2D eigenvalue weighted by atomic mass is 16.5. The first-order valence-electron chi connectivity index (χ1n) is 6.71. The maximum Gasteiger partial charge on any atom is 0.125 e. The van der Waals surface area contributed by atoms with E-state index in [0.29, 0.717) is 5.92 Å². The van der Waals surface area contributed by atoms with Crippen molar-refractivity contribution in [2.24, 2.45) is 5.92 Å². The summed E-state index contributed by atoms with van der Waals surface area (Å²) in [5.41, 5.74) is 0.863. The molecule has 0 bridgehead atoms. The number of ether oxygens (including phenoxy) is 1. The second-order valence-electron chi connectivity index (χ2n) is 5.42. The van der Waals surface area contributed by atoms with E-state index in [9.17, 15) is 5.11 Å². The van der Waals surface area contributed by atoms with Crippen molar-refractivity contribution in [3.63, 3.8) is 0 Å². The number of aliphatic hydroxyl groups is 1. The van der Waals surface area contributed by atoms with Crippen molar-refractivity contribution in [2.45, 2.75) is 50.7 Å². The third-order valence-electron chi connectivity index (χ3n) is 4.52. The average Bonchev–Trinajstić information content (AvgIpc) is 2.71. The van der Waals surface area contributed by atoms with Gasteiger partial charge in [0.1, 0.15) is 11.4 Å². The van der Waals surface area contributed by atoms with Gasteiger partial charge in [-0.1, -0.05) is 25.1 Å². The Bertz CT molecular complexity index is 415. The molecule has 1 aliphatic heterocycles. The number of rotatable bonds is 1. The number of hydrogen-bond acceptors (Lipinski definition) is 2. The first-order valence-corrected chi connectivity index (χ1v) is 6.71. The summed E-state index contributed by atoms with van der Waals surface area (Å²) in [6, 6.07) is 7.92. The van der Waals surface area contributed by atoms with Crippen LogP contribution in [0.15, 0.2) is 24.3 Å². The maximum atomic E-state index is 10.3. The molecule has 3 rings (SSSR count). The first kappa shape index (κ1) is 11.1. The molecule has 2 heteroatoms. The quantitative estimate of drug-likeness (QED) is 0.803. The first-order chi connectivity index (χ1) is 8.25. The SMILES string of the molecule is CCC1CCCC12C[C@@H](O)c1ccccc1O2. The van der Waals surface area contributed by atoms with Gasteiger partial charge in [-0.2, -0.15) is 0 Å². The fourth-order valence-corrected chi connectivity index (χ4v) is 3.64. The molecule has 2 aliphatic rings. The highest BCUT2D eigenvalue weighted by Gasteiger charge is 2.48. The summed E-state index contributed by atoms with van der Waals surface area (Å²) in [6.07, 6.45) is 5.12. The van der Waals surface area contributed by atoms with Crippen molar-refractivity contribution in [3.8, 4) is 5.75 Å². The minimum absolute atomic E-state index is 0.0947. The molecule has 0 amide bonds. The van der Waals surface area contributed by atoms with Crippen LogP contribution in [-0.2, 0) is 0 Å². The van der Waals surface area contributed by atoms with Gasteiger partial charge in [0.15, 0.2) is 0 Å². The molecule has 1 heterocycles. The van der Waals surface area contributed by atoms with Crippen molar-refractivity contribution < 1.29 is 9.84 Å². The van der Waals surface area contributed by atoms with Crippen LogP contribution in [-0.4, -0.2) is 10.7 Å². The maximum absolute atomic E-state index is 10.3. The van der Waals surface area contributed by atoms with Gasteiger partial charge in [0, 0.05) is 12.0 Å². The summed E-state index contributed by atoms with van der Waals surface area (Å²) in [5.74, 6) is 1.50. The van der Waals surface area contributed by atoms with Gasteiger partial charge in [-0.05, 0) is 37.7 Å². The van der Waals surface area contributed by atoms with Crippen molar-refractivity contribution in [1.82, 2.24) is 0 Å². The van der Waals surface area contributed by atoms with Crippen molar-refractivity contribution >= 4 is 0 Å². The molecule has 1 aliphatic carbocycles. The molecular formula is C15H20O2. The van der Waals surface area contributed by atoms with Crippen LogP contribution >= 0.6 is 0 Å². The Morgan fingerprint density at radius 2 is 2.24 bits per heavy atom. The van der Waals surface area contributed by atoms with Crippen LogP contribution in [0, 0.1) is 5.92 Å². The van der Waals surface area contributed by atoms with Crippen LogP contribution < -0.4 is 4.74 Å². The summed E-state index contributed by atoms with van der Waals surface area (Å²) in [6.45, 7) is 2.23. The Balaban J connectivity index is 1.97. The van der Waals surface area contributed by atoms with Gasteiger partial charge in [-0.25, -0.2) is 0 Å². The molecule has 1 aromatic carbocycles. The highest BCUT2D eigenvalue weighted by Crippen LogP contribution is 2.50. The fourth-order valence-electron chi connectivity index (χ4n) is 3.64. The predicted octanol–water partition coefficient (Wildman–Crippen LogP) is 3.45. The molecule has 3 atom stereocenters. The van der Waals surface area contributed by atoms with E-state index < -0.39 is 0 Å². The molecule has 1 saturated carbocycles. The zero-order valence-electron chi connectivity index (χ0n) is 10.4. The number of aliphatic hydroxyl groups excluding tert-OH is 1. The summed E-state index contributed by atoms with van der Waals surface area (Å²) < 4.78 is 6.29. The molecule has 0 radical (unpaired) electrons. The van der Waals surface area contributed by atoms with E-state index in [1.165, 1.54) is 12.8 Å². The topological polar surface area (TPSA) is 29.5 Å². The Morgan fingerprint density at radius 3 is 3.06 bits per heavy atom. The molecule has 2 unspecified atom stereocenters. The molecule has 1 fully saturated rings. The molecule has 2 nitrogen and oxygen atoms in total. The molecule has 1 spiro atoms. The molecular weight excluding hydrogens is 212 g/mol. The van der Waals surface area contributed by atoms with E-state index in [4.69, 9.17) is 4.74 Å². The van der Waals surface area contributed by atoms with E-state index in [0.717, 1.165) is 30.6 Å². The van der Waals surface area contributed by atoms with Gasteiger partial charge in [-0.3, -0.25) is 0 Å². The fraction of sp³-hybridized carbons (Fsp3) is 0.600. The van der Waals surface area contributed by atoms with Crippen LogP contribution in [0.25, 0.3) is 0 Å². The van der Waals surface area contributed by atoms with Gasteiger partial charge >= 0.3 is 0 Å². The lowest BCUT2D eigenvalue weighted by Crippen LogP contribution is -2.44. The summed E-state index contributed by atoms with van der Waals surface area (Å²) in [5, 5.41) is 10.3. The van der Waals surface area contributed by atoms with E-state index >= 15 is 0 Å². The molecule has 92 valence electrons. The summed E-state index contributed by atoms with van der Waals surface area (Å²) in [4.78, 5) is 0. The minimum Gasteiger partial charge on any atom is -0.486 e. The van der Waals surface area contributed by atoms with Crippen LogP contribution in [0.1, 0.15) is 50.7 Å². The van der Waals surface area contributed by atoms with Crippen LogP contribution in [0.2, 0.25) is 0 Å².